The fourth-order valence-electron chi connectivity index (χ4n) is 6.01. The molecule has 39 heavy (non-hydrogen) atoms. The average Bonchev–Trinajstić information content (AvgIpc) is 3.53. The number of hydrogen-bond donors (Lipinski definition) is 1. The van der Waals surface area contributed by atoms with Crippen LogP contribution in [0.25, 0.3) is 33.3 Å². The maximum Gasteiger partial charge on any atom is 0.245 e. The van der Waals surface area contributed by atoms with Gasteiger partial charge in [0.25, 0.3) is 0 Å². The number of carbonyl (C=O) groups is 2. The molecule has 2 aliphatic heterocycles. The number of aromatic nitrogens is 4. The van der Waals surface area contributed by atoms with Crippen molar-refractivity contribution in [2.45, 2.75) is 45.7 Å². The molecule has 1 saturated heterocycles. The summed E-state index contributed by atoms with van der Waals surface area (Å²) in [6.07, 6.45) is 5.23. The number of nitrogens with one attached hydrogen (secondary N) is 1. The Kier molecular flexibility index (Phi) is 6.30. The Morgan fingerprint density at radius 3 is 2.67 bits per heavy atom. The minimum Gasteiger partial charge on any atom is -0.341 e. The Hall–Kier alpha value is -3.91. The number of nitrogens with zero attached hydrogens (tertiary/aromatic N) is 5. The predicted molar refractivity (Wildman–Crippen MR) is 152 cm³/mol. The Morgan fingerprint density at radius 1 is 1.15 bits per heavy atom. The van der Waals surface area contributed by atoms with Crippen LogP contribution in [0.15, 0.2) is 43.1 Å². The highest BCUT2D eigenvalue weighted by Gasteiger charge is 2.30. The van der Waals surface area contributed by atoms with Gasteiger partial charge in [-0.1, -0.05) is 30.3 Å². The molecule has 2 aliphatic rings. The van der Waals surface area contributed by atoms with Crippen molar-refractivity contribution in [2.75, 3.05) is 20.1 Å². The number of piperidine rings is 1. The molecule has 8 nitrogen and oxygen atoms in total. The maximum absolute atomic E-state index is 12.3. The number of benzene rings is 2. The third-order valence-corrected chi connectivity index (χ3v) is 8.70. The van der Waals surface area contributed by atoms with Gasteiger partial charge in [-0.2, -0.15) is 10.2 Å². The van der Waals surface area contributed by atoms with Crippen LogP contribution in [-0.2, 0) is 22.6 Å². The molecule has 1 N–H and O–H groups in total. The molecule has 9 heteroatoms. The highest BCUT2D eigenvalue weighted by Crippen LogP contribution is 2.44. The van der Waals surface area contributed by atoms with Crippen molar-refractivity contribution in [3.63, 3.8) is 0 Å². The van der Waals surface area contributed by atoms with E-state index in [1.807, 2.05) is 31.1 Å². The van der Waals surface area contributed by atoms with Gasteiger partial charge in [-0.15, -0.1) is 0 Å². The summed E-state index contributed by atoms with van der Waals surface area (Å²) in [6.45, 7) is 9.64. The molecule has 2 amide bonds. The standard InChI is InChI=1S/C30H31ClN6O2/c1-5-25(38)36-10-8-22(9-11-36)37-18(3)27(28-23-15-32-33-24(23)12-17(2)29(28)31)30(34-37)20-7-6-19-14-26(39)35(4)16-21(19)13-20/h5-7,12-13,15,22H,1,8-11,14,16H2,2-4H3,(H,32,33). The minimum absolute atomic E-state index is 0.0292. The van der Waals surface area contributed by atoms with Gasteiger partial charge in [0.1, 0.15) is 5.69 Å². The fourth-order valence-corrected chi connectivity index (χ4v) is 6.27. The first-order valence-electron chi connectivity index (χ1n) is 13.3. The lowest BCUT2D eigenvalue weighted by molar-refractivity contribution is -0.130. The lowest BCUT2D eigenvalue weighted by atomic mass is 9.92. The summed E-state index contributed by atoms with van der Waals surface area (Å²) < 4.78 is 2.13. The van der Waals surface area contributed by atoms with Gasteiger partial charge in [0.05, 0.1) is 29.2 Å². The van der Waals surface area contributed by atoms with Crippen LogP contribution in [0.5, 0.6) is 0 Å². The summed E-state index contributed by atoms with van der Waals surface area (Å²) in [6, 6.07) is 8.45. The molecular weight excluding hydrogens is 512 g/mol. The Balaban J connectivity index is 1.52. The van der Waals surface area contributed by atoms with Gasteiger partial charge in [-0.25, -0.2) is 0 Å². The van der Waals surface area contributed by atoms with Crippen LogP contribution in [0.4, 0.5) is 0 Å². The van der Waals surface area contributed by atoms with E-state index in [2.05, 4.69) is 46.6 Å². The summed E-state index contributed by atoms with van der Waals surface area (Å²) in [5.74, 6) is 0.102. The molecule has 2 aromatic heterocycles. The number of aromatic amines is 1. The molecule has 0 radical (unpaired) electrons. The van der Waals surface area contributed by atoms with Crippen molar-refractivity contribution in [1.82, 2.24) is 29.8 Å². The van der Waals surface area contributed by atoms with Crippen molar-refractivity contribution in [1.29, 1.82) is 0 Å². The zero-order valence-electron chi connectivity index (χ0n) is 22.4. The quantitative estimate of drug-likeness (QED) is 0.358. The molecule has 1 fully saturated rings. The Labute approximate surface area is 232 Å². The second-order valence-electron chi connectivity index (χ2n) is 10.6. The van der Waals surface area contributed by atoms with E-state index in [0.717, 1.165) is 68.5 Å². The van der Waals surface area contributed by atoms with E-state index in [9.17, 15) is 9.59 Å². The third kappa shape index (κ3) is 4.23. The summed E-state index contributed by atoms with van der Waals surface area (Å²) >= 11 is 7.03. The first-order chi connectivity index (χ1) is 18.8. The zero-order chi connectivity index (χ0) is 27.4. The van der Waals surface area contributed by atoms with E-state index < -0.39 is 0 Å². The van der Waals surface area contributed by atoms with Gasteiger partial charge in [-0.3, -0.25) is 19.4 Å². The van der Waals surface area contributed by atoms with Crippen LogP contribution in [0.2, 0.25) is 5.02 Å². The highest BCUT2D eigenvalue weighted by molar-refractivity contribution is 6.36. The van der Waals surface area contributed by atoms with E-state index in [-0.39, 0.29) is 17.9 Å². The molecule has 4 aromatic rings. The van der Waals surface area contributed by atoms with E-state index >= 15 is 0 Å². The second kappa shape index (κ2) is 9.68. The number of aryl methyl sites for hydroxylation is 1. The molecule has 4 heterocycles. The molecule has 0 atom stereocenters. The second-order valence-corrected chi connectivity index (χ2v) is 11.0. The van der Waals surface area contributed by atoms with Crippen molar-refractivity contribution in [3.8, 4) is 22.4 Å². The molecule has 0 bridgehead atoms. The molecule has 0 unspecified atom stereocenters. The zero-order valence-corrected chi connectivity index (χ0v) is 23.2. The number of amides is 2. The lowest BCUT2D eigenvalue weighted by Gasteiger charge is -2.32. The van der Waals surface area contributed by atoms with Crippen LogP contribution in [0.3, 0.4) is 0 Å². The van der Waals surface area contributed by atoms with Gasteiger partial charge in [-0.05, 0) is 61.6 Å². The van der Waals surface area contributed by atoms with Crippen molar-refractivity contribution < 1.29 is 9.59 Å². The average molecular weight is 543 g/mol. The van der Waals surface area contributed by atoms with Crippen LogP contribution >= 0.6 is 11.6 Å². The number of fused-ring (bicyclic) bond motifs is 2. The third-order valence-electron chi connectivity index (χ3n) is 8.22. The minimum atomic E-state index is -0.0292. The number of carbonyl (C=O) groups excluding carboxylic acids is 2. The topological polar surface area (TPSA) is 87.1 Å². The number of likely N-dealkylation sites (tertiary alicyclic amines) is 1. The Morgan fingerprint density at radius 2 is 1.92 bits per heavy atom. The lowest BCUT2D eigenvalue weighted by Crippen LogP contribution is -2.38. The summed E-state index contributed by atoms with van der Waals surface area (Å²) in [7, 11) is 1.84. The number of rotatable bonds is 4. The summed E-state index contributed by atoms with van der Waals surface area (Å²) in [4.78, 5) is 28.1. The van der Waals surface area contributed by atoms with Gasteiger partial charge < -0.3 is 9.80 Å². The number of likely N-dealkylation sites (N-methyl/N-ethyl adjacent to an activating group) is 1. The smallest absolute Gasteiger partial charge is 0.245 e. The molecule has 0 saturated carbocycles. The van der Waals surface area contributed by atoms with Crippen LogP contribution < -0.4 is 0 Å². The van der Waals surface area contributed by atoms with Gasteiger partial charge >= 0.3 is 0 Å². The van der Waals surface area contributed by atoms with E-state index in [4.69, 9.17) is 16.7 Å². The van der Waals surface area contributed by atoms with Crippen molar-refractivity contribution in [3.05, 3.63) is 70.5 Å². The number of halogens is 1. The van der Waals surface area contributed by atoms with Crippen LogP contribution in [-0.4, -0.2) is 61.7 Å². The van der Waals surface area contributed by atoms with E-state index in [0.29, 0.717) is 31.1 Å². The first kappa shape index (κ1) is 25.4. The first-order valence-corrected chi connectivity index (χ1v) is 13.6. The van der Waals surface area contributed by atoms with Crippen molar-refractivity contribution >= 4 is 34.3 Å². The molecule has 200 valence electrons. The molecule has 0 aliphatic carbocycles. The van der Waals surface area contributed by atoms with Gasteiger partial charge in [0.15, 0.2) is 0 Å². The summed E-state index contributed by atoms with van der Waals surface area (Å²) in [5.41, 5.74) is 8.85. The van der Waals surface area contributed by atoms with Gasteiger partial charge in [0, 0.05) is 54.5 Å². The molecule has 0 spiro atoms. The SMILES string of the molecule is C=CC(=O)N1CCC(n2nc(-c3ccc4c(c3)CN(C)C(=O)C4)c(-c3c(Cl)c(C)cc4[nH]ncc34)c2C)CC1. The van der Waals surface area contributed by atoms with E-state index in [1.165, 1.54) is 6.08 Å². The largest absolute Gasteiger partial charge is 0.341 e. The predicted octanol–water partition coefficient (Wildman–Crippen LogP) is 5.23. The molecule has 2 aromatic carbocycles. The normalized spacial score (nSPS) is 16.2. The monoisotopic (exact) mass is 542 g/mol. The van der Waals surface area contributed by atoms with Gasteiger partial charge in [0.2, 0.25) is 11.8 Å². The Bertz CT molecular complexity index is 1640. The number of H-pyrrole nitrogens is 1. The maximum atomic E-state index is 12.3. The van der Waals surface area contributed by atoms with Crippen molar-refractivity contribution in [2.24, 2.45) is 0 Å². The fraction of sp³-hybridized carbons (Fsp3) is 0.333. The van der Waals surface area contributed by atoms with E-state index in [1.54, 1.807) is 4.90 Å². The summed E-state index contributed by atoms with van der Waals surface area (Å²) in [5, 5.41) is 14.3. The van der Waals surface area contributed by atoms with Crippen LogP contribution in [0.1, 0.15) is 41.3 Å². The van der Waals surface area contributed by atoms with Crippen LogP contribution in [0, 0.1) is 13.8 Å². The number of hydrogen-bond acceptors (Lipinski definition) is 4. The molecule has 6 rings (SSSR count). The highest BCUT2D eigenvalue weighted by atomic mass is 35.5. The molecular formula is C30H31ClN6O2.